The van der Waals surface area contributed by atoms with E-state index in [1.807, 2.05) is 0 Å². The highest BCUT2D eigenvalue weighted by Crippen LogP contribution is 2.15. The summed E-state index contributed by atoms with van der Waals surface area (Å²) in [5, 5.41) is 9.18. The number of rotatable bonds is 2. The van der Waals surface area contributed by atoms with E-state index in [4.69, 9.17) is 0 Å². The summed E-state index contributed by atoms with van der Waals surface area (Å²) in [4.78, 5) is 4.40. The zero-order chi connectivity index (χ0) is 12.2. The molecular weight excluding hydrogens is 349 g/mol. The standard InChI is InChI=1S/C15H17N3.HI/c1-2-5-14-10-12(6-7-13(14)4-1)11-18-15-16-8-3-9-17-15;/h1-2,4-7,10H,3,8-9,11H2,(H2,16,17,18);1H. The molecule has 2 aromatic rings. The van der Waals surface area contributed by atoms with Gasteiger partial charge in [-0.25, -0.2) is 0 Å². The first-order valence-electron chi connectivity index (χ1n) is 6.42. The maximum Gasteiger partial charge on any atom is 0.191 e. The van der Waals surface area contributed by atoms with Crippen molar-refractivity contribution in [2.24, 2.45) is 4.99 Å². The maximum absolute atomic E-state index is 4.40. The van der Waals surface area contributed by atoms with Crippen LogP contribution in [0.5, 0.6) is 0 Å². The highest BCUT2D eigenvalue weighted by atomic mass is 127. The summed E-state index contributed by atoms with van der Waals surface area (Å²) < 4.78 is 0. The second-order valence-corrected chi connectivity index (χ2v) is 4.55. The minimum atomic E-state index is 0. The Morgan fingerprint density at radius 1 is 1.11 bits per heavy atom. The second kappa shape index (κ2) is 6.75. The number of nitrogens with zero attached hydrogens (tertiary/aromatic N) is 1. The molecule has 0 amide bonds. The summed E-state index contributed by atoms with van der Waals surface area (Å²) in [5.74, 6) is 0.925. The first-order valence-corrected chi connectivity index (χ1v) is 6.42. The molecule has 1 heterocycles. The number of nitrogens with one attached hydrogen (secondary N) is 2. The van der Waals surface area contributed by atoms with Gasteiger partial charge >= 0.3 is 0 Å². The zero-order valence-corrected chi connectivity index (χ0v) is 13.1. The van der Waals surface area contributed by atoms with Crippen molar-refractivity contribution >= 4 is 40.7 Å². The Bertz CT molecular complexity index is 580. The minimum Gasteiger partial charge on any atom is -0.356 e. The van der Waals surface area contributed by atoms with Crippen LogP contribution in [0.2, 0.25) is 0 Å². The van der Waals surface area contributed by atoms with Gasteiger partial charge < -0.3 is 10.6 Å². The molecule has 0 aromatic heterocycles. The van der Waals surface area contributed by atoms with Crippen molar-refractivity contribution in [3.05, 3.63) is 48.0 Å². The van der Waals surface area contributed by atoms with E-state index < -0.39 is 0 Å². The molecule has 2 aromatic carbocycles. The number of hydrogen-bond donors (Lipinski definition) is 2. The monoisotopic (exact) mass is 367 g/mol. The van der Waals surface area contributed by atoms with Crippen LogP contribution in [-0.2, 0) is 6.54 Å². The average molecular weight is 367 g/mol. The fraction of sp³-hybridized carbons (Fsp3) is 0.267. The molecule has 0 bridgehead atoms. The van der Waals surface area contributed by atoms with E-state index in [0.717, 1.165) is 32.0 Å². The Morgan fingerprint density at radius 2 is 1.95 bits per heavy atom. The van der Waals surface area contributed by atoms with Gasteiger partial charge in [0.2, 0.25) is 0 Å². The number of fused-ring (bicyclic) bond motifs is 1. The van der Waals surface area contributed by atoms with Crippen LogP contribution in [0.15, 0.2) is 47.5 Å². The van der Waals surface area contributed by atoms with Gasteiger partial charge in [-0.2, -0.15) is 0 Å². The Kier molecular flexibility index (Phi) is 5.01. The predicted octanol–water partition coefficient (Wildman–Crippen LogP) is 2.90. The van der Waals surface area contributed by atoms with E-state index >= 15 is 0 Å². The SMILES string of the molecule is I.c1ccc2cc(CNC3=NCCCN3)ccc2c1. The lowest BCUT2D eigenvalue weighted by atomic mass is 10.1. The number of hydrogen-bond acceptors (Lipinski definition) is 3. The molecule has 19 heavy (non-hydrogen) atoms. The van der Waals surface area contributed by atoms with Crippen LogP contribution < -0.4 is 10.6 Å². The normalized spacial score (nSPS) is 14.2. The molecule has 0 radical (unpaired) electrons. The minimum absolute atomic E-state index is 0. The summed E-state index contributed by atoms with van der Waals surface area (Å²) in [6.07, 6.45) is 1.13. The highest BCUT2D eigenvalue weighted by molar-refractivity contribution is 14.0. The van der Waals surface area contributed by atoms with Crippen LogP contribution in [0.4, 0.5) is 0 Å². The van der Waals surface area contributed by atoms with Crippen LogP contribution in [-0.4, -0.2) is 19.0 Å². The fourth-order valence-corrected chi connectivity index (χ4v) is 2.19. The smallest absolute Gasteiger partial charge is 0.191 e. The molecule has 0 saturated heterocycles. The summed E-state index contributed by atoms with van der Waals surface area (Å²) >= 11 is 0. The van der Waals surface area contributed by atoms with Crippen molar-refractivity contribution in [3.63, 3.8) is 0 Å². The Balaban J connectivity index is 0.00000133. The zero-order valence-electron chi connectivity index (χ0n) is 10.7. The Hall–Kier alpha value is -1.30. The van der Waals surface area contributed by atoms with Gasteiger partial charge in [-0.05, 0) is 28.8 Å². The fourth-order valence-electron chi connectivity index (χ4n) is 2.19. The molecule has 0 atom stereocenters. The lowest BCUT2D eigenvalue weighted by molar-refractivity contribution is 0.702. The molecule has 0 fully saturated rings. The van der Waals surface area contributed by atoms with Gasteiger partial charge in [0, 0.05) is 19.6 Å². The van der Waals surface area contributed by atoms with Crippen molar-refractivity contribution in [3.8, 4) is 0 Å². The number of halogens is 1. The molecule has 1 aliphatic rings. The van der Waals surface area contributed by atoms with Crippen molar-refractivity contribution in [1.29, 1.82) is 0 Å². The van der Waals surface area contributed by atoms with Gasteiger partial charge in [0.1, 0.15) is 0 Å². The molecule has 4 heteroatoms. The molecule has 0 spiro atoms. The quantitative estimate of drug-likeness (QED) is 0.801. The lowest BCUT2D eigenvalue weighted by Crippen LogP contribution is -2.40. The van der Waals surface area contributed by atoms with Crippen LogP contribution >= 0.6 is 24.0 Å². The van der Waals surface area contributed by atoms with Crippen molar-refractivity contribution < 1.29 is 0 Å². The summed E-state index contributed by atoms with van der Waals surface area (Å²) in [6, 6.07) is 15.0. The van der Waals surface area contributed by atoms with E-state index in [2.05, 4.69) is 58.1 Å². The number of aliphatic imine (C=N–C) groups is 1. The second-order valence-electron chi connectivity index (χ2n) is 4.55. The molecule has 0 aliphatic carbocycles. The van der Waals surface area contributed by atoms with Gasteiger partial charge in [0.05, 0.1) is 0 Å². The van der Waals surface area contributed by atoms with Crippen LogP contribution in [0, 0.1) is 0 Å². The van der Waals surface area contributed by atoms with E-state index in [1.54, 1.807) is 0 Å². The average Bonchev–Trinajstić information content (AvgIpc) is 2.46. The Labute approximate surface area is 130 Å². The molecule has 3 nitrogen and oxygen atoms in total. The molecule has 0 unspecified atom stereocenters. The first kappa shape index (κ1) is 14.1. The van der Waals surface area contributed by atoms with Crippen molar-refractivity contribution in [2.45, 2.75) is 13.0 Å². The topological polar surface area (TPSA) is 36.4 Å². The molecule has 2 N–H and O–H groups in total. The lowest BCUT2D eigenvalue weighted by Gasteiger charge is -2.16. The Morgan fingerprint density at radius 3 is 2.74 bits per heavy atom. The van der Waals surface area contributed by atoms with Gasteiger partial charge in [0.25, 0.3) is 0 Å². The van der Waals surface area contributed by atoms with Crippen LogP contribution in [0.3, 0.4) is 0 Å². The summed E-state index contributed by atoms with van der Waals surface area (Å²) in [5.41, 5.74) is 1.28. The van der Waals surface area contributed by atoms with E-state index in [1.165, 1.54) is 16.3 Å². The van der Waals surface area contributed by atoms with E-state index in [0.29, 0.717) is 0 Å². The molecule has 0 saturated carbocycles. The van der Waals surface area contributed by atoms with Crippen molar-refractivity contribution in [2.75, 3.05) is 13.1 Å². The third-order valence-corrected chi connectivity index (χ3v) is 3.17. The maximum atomic E-state index is 4.40. The van der Waals surface area contributed by atoms with Crippen LogP contribution in [0.25, 0.3) is 10.8 Å². The molecule has 1 aliphatic heterocycles. The van der Waals surface area contributed by atoms with E-state index in [9.17, 15) is 0 Å². The van der Waals surface area contributed by atoms with Gasteiger partial charge in [-0.1, -0.05) is 36.4 Å². The summed E-state index contributed by atoms with van der Waals surface area (Å²) in [6.45, 7) is 2.76. The third-order valence-electron chi connectivity index (χ3n) is 3.17. The van der Waals surface area contributed by atoms with Gasteiger partial charge in [0.15, 0.2) is 5.96 Å². The number of guanidine groups is 1. The molecule has 3 rings (SSSR count). The van der Waals surface area contributed by atoms with Crippen LogP contribution in [0.1, 0.15) is 12.0 Å². The highest BCUT2D eigenvalue weighted by Gasteiger charge is 2.03. The third kappa shape index (κ3) is 3.59. The summed E-state index contributed by atoms with van der Waals surface area (Å²) in [7, 11) is 0. The predicted molar refractivity (Wildman–Crippen MR) is 91.1 cm³/mol. The van der Waals surface area contributed by atoms with E-state index in [-0.39, 0.29) is 24.0 Å². The van der Waals surface area contributed by atoms with Gasteiger partial charge in [-0.3, -0.25) is 4.99 Å². The first-order chi connectivity index (χ1) is 8.92. The largest absolute Gasteiger partial charge is 0.356 e. The molecule has 100 valence electrons. The van der Waals surface area contributed by atoms with Crippen molar-refractivity contribution in [1.82, 2.24) is 10.6 Å². The van der Waals surface area contributed by atoms with Gasteiger partial charge in [-0.15, -0.1) is 24.0 Å². The molecular formula is C15H18IN3. The number of benzene rings is 2.